The van der Waals surface area contributed by atoms with Crippen molar-refractivity contribution in [2.24, 2.45) is 0 Å². The number of carbonyl (C=O) groups is 1. The highest BCUT2D eigenvalue weighted by molar-refractivity contribution is 5.81. The maximum Gasteiger partial charge on any atom is 0.221 e. The topological polar surface area (TPSA) is 138 Å². The summed E-state index contributed by atoms with van der Waals surface area (Å²) in [5, 5.41) is 7.53. The fourth-order valence-electron chi connectivity index (χ4n) is 4.43. The van der Waals surface area contributed by atoms with E-state index in [1.165, 1.54) is 0 Å². The maximum atomic E-state index is 11.5. The Hall–Kier alpha value is -4.19. The molecular weight excluding hydrogens is 476 g/mol. The van der Waals surface area contributed by atoms with Crippen LogP contribution in [0.3, 0.4) is 0 Å². The molecule has 0 saturated carbocycles. The van der Waals surface area contributed by atoms with Crippen molar-refractivity contribution in [1.29, 1.82) is 0 Å². The molecule has 1 fully saturated rings. The first-order valence-electron chi connectivity index (χ1n) is 12.3. The van der Waals surface area contributed by atoms with E-state index in [1.807, 2.05) is 46.7 Å². The minimum Gasteiger partial charge on any atom is -0.493 e. The van der Waals surface area contributed by atoms with Crippen LogP contribution in [0.15, 0.2) is 41.2 Å². The first-order valence-corrected chi connectivity index (χ1v) is 12.3. The normalized spacial score (nSPS) is 14.3. The van der Waals surface area contributed by atoms with E-state index in [2.05, 4.69) is 25.2 Å². The number of benzene rings is 1. The van der Waals surface area contributed by atoms with Crippen LogP contribution >= 0.6 is 0 Å². The number of pyridine rings is 1. The summed E-state index contributed by atoms with van der Waals surface area (Å²) >= 11 is 0. The average Bonchev–Trinajstić information content (AvgIpc) is 3.49. The Morgan fingerprint density at radius 3 is 2.68 bits per heavy atom. The van der Waals surface area contributed by atoms with Gasteiger partial charge in [-0.05, 0) is 35.8 Å². The predicted octanol–water partition coefficient (Wildman–Crippen LogP) is 2.81. The van der Waals surface area contributed by atoms with Crippen molar-refractivity contribution >= 4 is 22.8 Å². The summed E-state index contributed by atoms with van der Waals surface area (Å²) in [6, 6.07) is 9.33. The molecule has 194 valence electrons. The highest BCUT2D eigenvalue weighted by Crippen LogP contribution is 2.30. The number of hydrogen-bond acceptors (Lipinski definition) is 10. The summed E-state index contributed by atoms with van der Waals surface area (Å²) in [4.78, 5) is 24.7. The van der Waals surface area contributed by atoms with Gasteiger partial charge < -0.3 is 24.7 Å². The van der Waals surface area contributed by atoms with E-state index >= 15 is 0 Å². The molecule has 4 aromatic rings. The molecule has 1 saturated heterocycles. The molecule has 0 unspecified atom stereocenters. The van der Waals surface area contributed by atoms with Gasteiger partial charge in [-0.3, -0.25) is 9.69 Å². The number of rotatable bonds is 9. The third-order valence-corrected chi connectivity index (χ3v) is 6.38. The minimum atomic E-state index is 0.148. The van der Waals surface area contributed by atoms with Gasteiger partial charge >= 0.3 is 0 Å². The van der Waals surface area contributed by atoms with E-state index in [1.54, 1.807) is 13.1 Å². The number of fused-ring (bicyclic) bond motifs is 1. The number of piperazine rings is 1. The number of ether oxygens (including phenoxy) is 2. The number of aryl methyl sites for hydroxylation is 1. The van der Waals surface area contributed by atoms with Crippen LogP contribution in [0.4, 0.5) is 5.82 Å². The third-order valence-electron chi connectivity index (χ3n) is 6.38. The lowest BCUT2D eigenvalue weighted by Crippen LogP contribution is -2.48. The molecule has 0 radical (unpaired) electrons. The van der Waals surface area contributed by atoms with Crippen LogP contribution in [-0.4, -0.2) is 79.9 Å². The summed E-state index contributed by atoms with van der Waals surface area (Å²) in [6.45, 7) is 9.19. The zero-order chi connectivity index (χ0) is 25.8. The number of nitrogens with two attached hydrogens (primary N) is 1. The molecule has 2 N–H and O–H groups in total. The van der Waals surface area contributed by atoms with Crippen molar-refractivity contribution in [3.63, 3.8) is 0 Å². The summed E-state index contributed by atoms with van der Waals surface area (Å²) in [5.74, 6) is 2.68. The molecule has 1 aliphatic heterocycles. The van der Waals surface area contributed by atoms with Gasteiger partial charge in [0.25, 0.3) is 0 Å². The Kier molecular flexibility index (Phi) is 7.17. The lowest BCUT2D eigenvalue weighted by molar-refractivity contribution is -0.130. The standard InChI is InChI=1S/C25H30N8O4/c1-3-33-21-15-22(27-16-20(21)28-25(33)23-24(26)30-37-29-23)36-19-7-4-6-18(14-19)35-13-5-8-31-9-11-32(12-10-31)17(2)34/h4,6-7,14-16H,3,5,8-13H2,1-2H3,(H2,26,30). The molecule has 3 aromatic heterocycles. The lowest BCUT2D eigenvalue weighted by atomic mass is 10.3. The molecular formula is C25H30N8O4. The van der Waals surface area contributed by atoms with Crippen molar-refractivity contribution < 1.29 is 18.9 Å². The molecule has 37 heavy (non-hydrogen) atoms. The summed E-state index contributed by atoms with van der Waals surface area (Å²) < 4.78 is 18.7. The molecule has 4 heterocycles. The van der Waals surface area contributed by atoms with Gasteiger partial charge in [0.05, 0.1) is 18.3 Å². The average molecular weight is 507 g/mol. The van der Waals surface area contributed by atoms with Crippen molar-refractivity contribution in [2.75, 3.05) is 45.1 Å². The molecule has 12 heteroatoms. The first kappa shape index (κ1) is 24.5. The van der Waals surface area contributed by atoms with E-state index < -0.39 is 0 Å². The number of nitrogen functional groups attached to an aromatic ring is 1. The molecule has 1 aromatic carbocycles. The molecule has 0 aliphatic carbocycles. The van der Waals surface area contributed by atoms with Gasteiger partial charge in [0.2, 0.25) is 11.8 Å². The van der Waals surface area contributed by atoms with Gasteiger partial charge in [-0.2, -0.15) is 0 Å². The molecule has 0 spiro atoms. The SMILES string of the molecule is CCn1c(-c2nonc2N)nc2cnc(Oc3cccc(OCCCN4CCN(C(C)=O)CC4)c3)cc21. The zero-order valence-electron chi connectivity index (χ0n) is 21.0. The highest BCUT2D eigenvalue weighted by Gasteiger charge is 2.20. The molecule has 1 amide bonds. The molecule has 12 nitrogen and oxygen atoms in total. The van der Waals surface area contributed by atoms with Gasteiger partial charge in [0, 0.05) is 58.3 Å². The molecule has 1 aliphatic rings. The second-order valence-electron chi connectivity index (χ2n) is 8.82. The van der Waals surface area contributed by atoms with Crippen LogP contribution < -0.4 is 15.2 Å². The molecule has 5 rings (SSSR count). The van der Waals surface area contributed by atoms with Gasteiger partial charge in [0.15, 0.2) is 17.3 Å². The highest BCUT2D eigenvalue weighted by atomic mass is 16.6. The predicted molar refractivity (Wildman–Crippen MR) is 136 cm³/mol. The van der Waals surface area contributed by atoms with E-state index in [-0.39, 0.29) is 11.7 Å². The summed E-state index contributed by atoms with van der Waals surface area (Å²) in [6.07, 6.45) is 2.55. The van der Waals surface area contributed by atoms with Crippen molar-refractivity contribution in [3.05, 3.63) is 36.5 Å². The number of nitrogens with zero attached hydrogens (tertiary/aromatic N) is 7. The van der Waals surface area contributed by atoms with Crippen LogP contribution in [-0.2, 0) is 11.3 Å². The maximum absolute atomic E-state index is 11.5. The van der Waals surface area contributed by atoms with Crippen molar-refractivity contribution in [3.8, 4) is 28.9 Å². The zero-order valence-corrected chi connectivity index (χ0v) is 21.0. The van der Waals surface area contributed by atoms with E-state index in [9.17, 15) is 4.79 Å². The Labute approximate surface area is 213 Å². The van der Waals surface area contributed by atoms with E-state index in [0.29, 0.717) is 41.8 Å². The van der Waals surface area contributed by atoms with Crippen LogP contribution in [0.5, 0.6) is 17.4 Å². The monoisotopic (exact) mass is 506 g/mol. The van der Waals surface area contributed by atoms with Crippen LogP contribution in [0.25, 0.3) is 22.6 Å². The van der Waals surface area contributed by atoms with Crippen molar-refractivity contribution in [2.45, 2.75) is 26.8 Å². The number of imidazole rings is 1. The second kappa shape index (κ2) is 10.8. The fraction of sp³-hybridized carbons (Fsp3) is 0.400. The first-order chi connectivity index (χ1) is 18.0. The number of hydrogen-bond donors (Lipinski definition) is 1. The number of aromatic nitrogens is 5. The smallest absolute Gasteiger partial charge is 0.221 e. The Balaban J connectivity index is 1.19. The van der Waals surface area contributed by atoms with E-state index in [0.717, 1.165) is 50.4 Å². The number of carbonyl (C=O) groups excluding carboxylic acids is 1. The minimum absolute atomic E-state index is 0.148. The summed E-state index contributed by atoms with van der Waals surface area (Å²) in [5.41, 5.74) is 7.79. The van der Waals surface area contributed by atoms with Crippen LogP contribution in [0, 0.1) is 0 Å². The van der Waals surface area contributed by atoms with Gasteiger partial charge in [-0.1, -0.05) is 6.07 Å². The van der Waals surface area contributed by atoms with Gasteiger partial charge in [0.1, 0.15) is 17.0 Å². The Bertz CT molecular complexity index is 1380. The third kappa shape index (κ3) is 5.48. The molecule has 0 bridgehead atoms. The van der Waals surface area contributed by atoms with Gasteiger partial charge in [-0.25, -0.2) is 14.6 Å². The quantitative estimate of drug-likeness (QED) is 0.337. The van der Waals surface area contributed by atoms with Crippen molar-refractivity contribution in [1.82, 2.24) is 34.6 Å². The number of anilines is 1. The molecule has 0 atom stereocenters. The summed E-state index contributed by atoms with van der Waals surface area (Å²) in [7, 11) is 0. The second-order valence-corrected chi connectivity index (χ2v) is 8.82. The fourth-order valence-corrected chi connectivity index (χ4v) is 4.43. The number of amides is 1. The Morgan fingerprint density at radius 1 is 1.14 bits per heavy atom. The van der Waals surface area contributed by atoms with Crippen LogP contribution in [0.2, 0.25) is 0 Å². The Morgan fingerprint density at radius 2 is 1.95 bits per heavy atom. The van der Waals surface area contributed by atoms with E-state index in [4.69, 9.17) is 19.8 Å². The van der Waals surface area contributed by atoms with Crippen LogP contribution in [0.1, 0.15) is 20.3 Å². The lowest BCUT2D eigenvalue weighted by Gasteiger charge is -2.34. The van der Waals surface area contributed by atoms with Gasteiger partial charge in [-0.15, -0.1) is 0 Å². The largest absolute Gasteiger partial charge is 0.493 e.